The molecular weight excluding hydrogens is 111 g/mol. The van der Waals surface area contributed by atoms with Crippen LogP contribution in [0.4, 0.5) is 4.39 Å². The summed E-state index contributed by atoms with van der Waals surface area (Å²) in [6.07, 6.45) is 1.45. The molecule has 1 aromatic heterocycles. The van der Waals surface area contributed by atoms with Gasteiger partial charge in [-0.3, -0.25) is 4.79 Å². The van der Waals surface area contributed by atoms with E-state index >= 15 is 0 Å². The molecule has 1 rings (SSSR count). The van der Waals surface area contributed by atoms with Gasteiger partial charge in [0.25, 0.3) is 0 Å². The topological polar surface area (TPSA) is 30.2 Å². The summed E-state index contributed by atoms with van der Waals surface area (Å²) < 4.78 is 16.4. The van der Waals surface area contributed by atoms with E-state index in [0.717, 1.165) is 12.3 Å². The van der Waals surface area contributed by atoms with Gasteiger partial charge in [0.05, 0.1) is 6.26 Å². The molecule has 0 radical (unpaired) electrons. The molecule has 0 aliphatic carbocycles. The molecule has 0 aliphatic rings. The van der Waals surface area contributed by atoms with Gasteiger partial charge in [0.15, 0.2) is 12.1 Å². The summed E-state index contributed by atoms with van der Waals surface area (Å²) in [5.74, 6) is -0.856. The van der Waals surface area contributed by atoms with Gasteiger partial charge < -0.3 is 4.42 Å². The Kier molecular flexibility index (Phi) is 1.12. The Labute approximate surface area is 44.9 Å². The number of carbonyl (C=O) groups is 1. The van der Waals surface area contributed by atoms with Crippen molar-refractivity contribution < 1.29 is 13.6 Å². The van der Waals surface area contributed by atoms with Crippen molar-refractivity contribution >= 4 is 6.29 Å². The molecule has 0 saturated carbocycles. The van der Waals surface area contributed by atoms with Gasteiger partial charge in [-0.2, -0.15) is 0 Å². The molecule has 0 unspecified atom stereocenters. The van der Waals surface area contributed by atoms with Crippen molar-refractivity contribution in [2.45, 2.75) is 0 Å². The van der Waals surface area contributed by atoms with E-state index < -0.39 is 5.82 Å². The lowest BCUT2D eigenvalue weighted by molar-refractivity contribution is 0.109. The Balaban J connectivity index is 3.09. The van der Waals surface area contributed by atoms with Crippen LogP contribution in [-0.2, 0) is 0 Å². The summed E-state index contributed by atoms with van der Waals surface area (Å²) >= 11 is 0. The zero-order valence-electron chi connectivity index (χ0n) is 3.93. The molecule has 8 heavy (non-hydrogen) atoms. The molecule has 0 saturated heterocycles. The molecule has 0 bridgehead atoms. The fourth-order valence-corrected chi connectivity index (χ4v) is 0.390. The zero-order chi connectivity index (χ0) is 5.98. The third kappa shape index (κ3) is 0.621. The van der Waals surface area contributed by atoms with Gasteiger partial charge in [0, 0.05) is 6.07 Å². The SMILES string of the molecule is O=Cc1occc1F. The van der Waals surface area contributed by atoms with Crippen LogP contribution >= 0.6 is 0 Å². The Morgan fingerprint density at radius 1 is 1.75 bits per heavy atom. The summed E-state index contributed by atoms with van der Waals surface area (Å²) in [7, 11) is 0. The van der Waals surface area contributed by atoms with Crippen LogP contribution in [0.5, 0.6) is 0 Å². The Morgan fingerprint density at radius 3 is 2.75 bits per heavy atom. The first-order valence-corrected chi connectivity index (χ1v) is 2.03. The van der Waals surface area contributed by atoms with Gasteiger partial charge >= 0.3 is 0 Å². The normalized spacial score (nSPS) is 9.12. The maximum Gasteiger partial charge on any atom is 0.201 e. The quantitative estimate of drug-likeness (QED) is 0.514. The lowest BCUT2D eigenvalue weighted by atomic mass is 10.5. The van der Waals surface area contributed by atoms with E-state index in [1.807, 2.05) is 0 Å². The van der Waals surface area contributed by atoms with Crippen molar-refractivity contribution in [2.24, 2.45) is 0 Å². The number of halogens is 1. The van der Waals surface area contributed by atoms with Crippen molar-refractivity contribution in [1.29, 1.82) is 0 Å². The molecule has 1 heterocycles. The number of aldehydes is 1. The molecular formula is C5H3FO2. The van der Waals surface area contributed by atoms with Gasteiger partial charge in [-0.15, -0.1) is 0 Å². The van der Waals surface area contributed by atoms with Gasteiger partial charge in [-0.05, 0) is 0 Å². The second-order valence-corrected chi connectivity index (χ2v) is 1.25. The van der Waals surface area contributed by atoms with Gasteiger partial charge in [-0.25, -0.2) is 4.39 Å². The molecule has 3 heteroatoms. The van der Waals surface area contributed by atoms with Crippen molar-refractivity contribution in [3.05, 3.63) is 23.9 Å². The fourth-order valence-electron chi connectivity index (χ4n) is 0.390. The molecule has 2 nitrogen and oxygen atoms in total. The molecule has 0 amide bonds. The minimum absolute atomic E-state index is 0.245. The summed E-state index contributed by atoms with van der Waals surface area (Å²) in [6.45, 7) is 0. The Hall–Kier alpha value is -1.12. The molecule has 42 valence electrons. The Morgan fingerprint density at radius 2 is 2.50 bits per heavy atom. The smallest absolute Gasteiger partial charge is 0.201 e. The van der Waals surface area contributed by atoms with E-state index in [4.69, 9.17) is 0 Å². The highest BCUT2D eigenvalue weighted by Gasteiger charge is 2.00. The largest absolute Gasteiger partial charge is 0.458 e. The van der Waals surface area contributed by atoms with Crippen molar-refractivity contribution in [1.82, 2.24) is 0 Å². The second kappa shape index (κ2) is 1.78. The van der Waals surface area contributed by atoms with Crippen molar-refractivity contribution in [3.63, 3.8) is 0 Å². The molecule has 0 atom stereocenters. The predicted molar refractivity (Wildman–Crippen MR) is 24.1 cm³/mol. The van der Waals surface area contributed by atoms with E-state index in [9.17, 15) is 9.18 Å². The van der Waals surface area contributed by atoms with Gasteiger partial charge in [0.2, 0.25) is 5.76 Å². The number of carbonyl (C=O) groups excluding carboxylic acids is 1. The maximum atomic E-state index is 12.0. The lowest BCUT2D eigenvalue weighted by Gasteiger charge is -1.74. The Bertz CT molecular complexity index is 192. The van der Waals surface area contributed by atoms with E-state index in [2.05, 4.69) is 4.42 Å². The highest BCUT2D eigenvalue weighted by Crippen LogP contribution is 2.03. The minimum atomic E-state index is -0.611. The van der Waals surface area contributed by atoms with Crippen LogP contribution in [0.25, 0.3) is 0 Å². The number of furan rings is 1. The maximum absolute atomic E-state index is 12.0. The van der Waals surface area contributed by atoms with Crippen molar-refractivity contribution in [2.75, 3.05) is 0 Å². The summed E-state index contributed by atoms with van der Waals surface area (Å²) in [5.41, 5.74) is 0. The van der Waals surface area contributed by atoms with Crippen LogP contribution in [0.2, 0.25) is 0 Å². The number of hydrogen-bond acceptors (Lipinski definition) is 2. The second-order valence-electron chi connectivity index (χ2n) is 1.25. The van der Waals surface area contributed by atoms with Crippen molar-refractivity contribution in [3.8, 4) is 0 Å². The fraction of sp³-hybridized carbons (Fsp3) is 0. The van der Waals surface area contributed by atoms with Crippen LogP contribution in [0.3, 0.4) is 0 Å². The monoisotopic (exact) mass is 114 g/mol. The molecule has 1 aromatic rings. The van der Waals surface area contributed by atoms with Crippen LogP contribution in [-0.4, -0.2) is 6.29 Å². The van der Waals surface area contributed by atoms with Gasteiger partial charge in [0.1, 0.15) is 0 Å². The molecule has 0 fully saturated rings. The van der Waals surface area contributed by atoms with Crippen LogP contribution in [0.1, 0.15) is 10.6 Å². The summed E-state index contributed by atoms with van der Waals surface area (Å²) in [4.78, 5) is 9.75. The predicted octanol–water partition coefficient (Wildman–Crippen LogP) is 1.23. The third-order valence-corrected chi connectivity index (χ3v) is 0.752. The summed E-state index contributed by atoms with van der Waals surface area (Å²) in [5, 5.41) is 0. The molecule has 0 N–H and O–H groups in total. The first-order valence-electron chi connectivity index (χ1n) is 2.03. The lowest BCUT2D eigenvalue weighted by Crippen LogP contribution is -1.75. The van der Waals surface area contributed by atoms with Gasteiger partial charge in [-0.1, -0.05) is 0 Å². The standard InChI is InChI=1S/C5H3FO2/c6-4-1-2-8-5(4)3-7/h1-3H. The summed E-state index contributed by atoms with van der Waals surface area (Å²) in [6, 6.07) is 1.09. The third-order valence-electron chi connectivity index (χ3n) is 0.752. The average Bonchev–Trinajstić information content (AvgIpc) is 2.14. The molecule has 0 aromatic carbocycles. The average molecular weight is 114 g/mol. The van der Waals surface area contributed by atoms with E-state index in [-0.39, 0.29) is 5.76 Å². The first kappa shape index (κ1) is 5.03. The van der Waals surface area contributed by atoms with Crippen LogP contribution in [0.15, 0.2) is 16.7 Å². The molecule has 0 spiro atoms. The molecule has 0 aliphatic heterocycles. The van der Waals surface area contributed by atoms with Crippen LogP contribution in [0, 0.1) is 5.82 Å². The van der Waals surface area contributed by atoms with E-state index in [1.54, 1.807) is 0 Å². The number of rotatable bonds is 1. The number of hydrogen-bond donors (Lipinski definition) is 0. The zero-order valence-corrected chi connectivity index (χ0v) is 3.93. The van der Waals surface area contributed by atoms with E-state index in [0.29, 0.717) is 6.29 Å². The highest BCUT2D eigenvalue weighted by molar-refractivity contribution is 5.70. The first-order chi connectivity index (χ1) is 3.84. The van der Waals surface area contributed by atoms with E-state index in [1.165, 1.54) is 0 Å². The minimum Gasteiger partial charge on any atom is -0.458 e. The van der Waals surface area contributed by atoms with Crippen LogP contribution < -0.4 is 0 Å². The highest BCUT2D eigenvalue weighted by atomic mass is 19.1.